The molecular weight excluding hydrogens is 360 g/mol. The smallest absolute Gasteiger partial charge is 0.434 e. The van der Waals surface area contributed by atoms with Gasteiger partial charge in [0.25, 0.3) is 0 Å². The van der Waals surface area contributed by atoms with Crippen molar-refractivity contribution in [3.05, 3.63) is 0 Å². The molecule has 1 rings (SSSR count). The molecule has 1 aliphatic carbocycles. The number of carbonyl (C=O) groups is 2. The third kappa shape index (κ3) is 12.8. The molecule has 6 heteroatoms. The van der Waals surface area contributed by atoms with Crippen LogP contribution in [0.4, 0.5) is 9.59 Å². The van der Waals surface area contributed by atoms with Crippen LogP contribution < -0.4 is 0 Å². The van der Waals surface area contributed by atoms with E-state index in [2.05, 4.69) is 27.7 Å². The second-order valence-corrected chi connectivity index (χ2v) is 8.62. The maximum absolute atomic E-state index is 11.8. The Labute approximate surface area is 170 Å². The fourth-order valence-electron chi connectivity index (χ4n) is 3.20. The van der Waals surface area contributed by atoms with Gasteiger partial charge in [0.1, 0.15) is 12.2 Å². The molecule has 2 unspecified atom stereocenters. The fourth-order valence-corrected chi connectivity index (χ4v) is 3.20. The molecule has 0 heterocycles. The lowest BCUT2D eigenvalue weighted by Gasteiger charge is -2.28. The van der Waals surface area contributed by atoms with Crippen LogP contribution in [-0.2, 0) is 18.9 Å². The van der Waals surface area contributed by atoms with Gasteiger partial charge in [-0.3, -0.25) is 0 Å². The zero-order chi connectivity index (χ0) is 20.8. The van der Waals surface area contributed by atoms with Crippen molar-refractivity contribution in [3.63, 3.8) is 0 Å². The zero-order valence-electron chi connectivity index (χ0n) is 18.2. The van der Waals surface area contributed by atoms with Crippen molar-refractivity contribution in [2.24, 2.45) is 11.8 Å². The minimum Gasteiger partial charge on any atom is -0.434 e. The minimum atomic E-state index is -0.633. The zero-order valence-corrected chi connectivity index (χ0v) is 18.2. The topological polar surface area (TPSA) is 71.1 Å². The van der Waals surface area contributed by atoms with Crippen LogP contribution in [0, 0.1) is 11.8 Å². The lowest BCUT2D eigenvalue weighted by molar-refractivity contribution is -0.0353. The molecular formula is C22H40O6. The van der Waals surface area contributed by atoms with E-state index in [0.29, 0.717) is 25.6 Å². The molecule has 0 radical (unpaired) electrons. The first kappa shape index (κ1) is 24.6. The molecule has 0 aromatic heterocycles. The first-order chi connectivity index (χ1) is 13.4. The van der Waals surface area contributed by atoms with Crippen LogP contribution in [0.1, 0.15) is 91.9 Å². The highest BCUT2D eigenvalue weighted by atomic mass is 16.7. The molecule has 0 aliphatic heterocycles. The number of carbonyl (C=O) groups excluding carboxylic acids is 2. The van der Waals surface area contributed by atoms with Crippen molar-refractivity contribution in [1.82, 2.24) is 0 Å². The summed E-state index contributed by atoms with van der Waals surface area (Å²) in [6.45, 7) is 9.38. The first-order valence-corrected chi connectivity index (χ1v) is 11.0. The molecule has 6 nitrogen and oxygen atoms in total. The second-order valence-electron chi connectivity index (χ2n) is 8.62. The van der Waals surface area contributed by atoms with E-state index in [-0.39, 0.29) is 12.2 Å². The van der Waals surface area contributed by atoms with Gasteiger partial charge >= 0.3 is 12.3 Å². The Kier molecular flexibility index (Phi) is 12.8. The van der Waals surface area contributed by atoms with Crippen molar-refractivity contribution >= 4 is 12.3 Å². The summed E-state index contributed by atoms with van der Waals surface area (Å²) in [5, 5.41) is 0. The van der Waals surface area contributed by atoms with Gasteiger partial charge in [-0.05, 0) is 43.9 Å². The van der Waals surface area contributed by atoms with E-state index in [9.17, 15) is 9.59 Å². The Morgan fingerprint density at radius 3 is 1.86 bits per heavy atom. The normalized spacial score (nSPS) is 19.5. The van der Waals surface area contributed by atoms with E-state index in [4.69, 9.17) is 18.9 Å². The van der Waals surface area contributed by atoms with Gasteiger partial charge in [0, 0.05) is 6.42 Å². The van der Waals surface area contributed by atoms with Crippen LogP contribution in [0.15, 0.2) is 0 Å². The lowest BCUT2D eigenvalue weighted by Crippen LogP contribution is -2.32. The third-order valence-electron chi connectivity index (χ3n) is 4.91. The molecule has 0 bridgehead atoms. The Morgan fingerprint density at radius 1 is 0.750 bits per heavy atom. The van der Waals surface area contributed by atoms with E-state index in [1.165, 1.54) is 19.3 Å². The largest absolute Gasteiger partial charge is 0.508 e. The van der Waals surface area contributed by atoms with E-state index in [1.807, 2.05) is 0 Å². The quantitative estimate of drug-likeness (QED) is 0.284. The molecule has 0 aromatic rings. The highest BCUT2D eigenvalue weighted by molar-refractivity contribution is 5.60. The molecule has 2 atom stereocenters. The third-order valence-corrected chi connectivity index (χ3v) is 4.91. The van der Waals surface area contributed by atoms with Crippen molar-refractivity contribution < 1.29 is 28.5 Å². The molecule has 1 saturated carbocycles. The monoisotopic (exact) mass is 400 g/mol. The summed E-state index contributed by atoms with van der Waals surface area (Å²) < 4.78 is 21.0. The molecule has 0 saturated heterocycles. The standard InChI is InChI=1S/C22H40O6/c1-17(2)10-7-5-6-8-14-25-21(23)27-19-11-9-12-20(16-19)28-22(24)26-15-13-18(3)4/h17-20H,5-16H2,1-4H3. The predicted octanol–water partition coefficient (Wildman–Crippen LogP) is 6.26. The van der Waals surface area contributed by atoms with Gasteiger partial charge in [0.15, 0.2) is 0 Å². The van der Waals surface area contributed by atoms with Crippen LogP contribution in [0.3, 0.4) is 0 Å². The van der Waals surface area contributed by atoms with Gasteiger partial charge in [0.05, 0.1) is 13.2 Å². The summed E-state index contributed by atoms with van der Waals surface area (Å²) in [4.78, 5) is 23.6. The molecule has 0 spiro atoms. The van der Waals surface area contributed by atoms with E-state index >= 15 is 0 Å². The lowest BCUT2D eigenvalue weighted by atomic mass is 9.95. The molecule has 0 N–H and O–H groups in total. The summed E-state index contributed by atoms with van der Waals surface area (Å²) in [5.41, 5.74) is 0. The molecule has 0 aromatic carbocycles. The van der Waals surface area contributed by atoms with Gasteiger partial charge < -0.3 is 18.9 Å². The van der Waals surface area contributed by atoms with Crippen LogP contribution in [-0.4, -0.2) is 37.7 Å². The number of rotatable bonds is 12. The van der Waals surface area contributed by atoms with Gasteiger partial charge in [-0.15, -0.1) is 0 Å². The number of unbranched alkanes of at least 4 members (excludes halogenated alkanes) is 3. The van der Waals surface area contributed by atoms with E-state index < -0.39 is 12.3 Å². The first-order valence-electron chi connectivity index (χ1n) is 11.0. The number of hydrogen-bond acceptors (Lipinski definition) is 6. The van der Waals surface area contributed by atoms with Crippen molar-refractivity contribution in [2.45, 2.75) is 104 Å². The van der Waals surface area contributed by atoms with Crippen molar-refractivity contribution in [2.75, 3.05) is 13.2 Å². The Bertz CT molecular complexity index is 435. The molecule has 0 amide bonds. The van der Waals surface area contributed by atoms with Crippen LogP contribution in [0.2, 0.25) is 0 Å². The van der Waals surface area contributed by atoms with Gasteiger partial charge in [0.2, 0.25) is 0 Å². The van der Waals surface area contributed by atoms with Crippen LogP contribution in [0.5, 0.6) is 0 Å². The van der Waals surface area contributed by atoms with Gasteiger partial charge in [-0.25, -0.2) is 9.59 Å². The SMILES string of the molecule is CC(C)CCCCCCOC(=O)OC1CCCC(OC(=O)OCCC(C)C)C1. The summed E-state index contributed by atoms with van der Waals surface area (Å²) in [5.74, 6) is 1.22. The molecule has 164 valence electrons. The second kappa shape index (κ2) is 14.5. The fraction of sp³-hybridized carbons (Fsp3) is 0.909. The number of ether oxygens (including phenoxy) is 4. The average Bonchev–Trinajstić information content (AvgIpc) is 2.60. The minimum absolute atomic E-state index is 0.263. The molecule has 1 aliphatic rings. The van der Waals surface area contributed by atoms with Crippen molar-refractivity contribution in [1.29, 1.82) is 0 Å². The van der Waals surface area contributed by atoms with Crippen LogP contribution >= 0.6 is 0 Å². The predicted molar refractivity (Wildman–Crippen MR) is 108 cm³/mol. The van der Waals surface area contributed by atoms with E-state index in [1.54, 1.807) is 0 Å². The van der Waals surface area contributed by atoms with Gasteiger partial charge in [-0.1, -0.05) is 53.4 Å². The van der Waals surface area contributed by atoms with Crippen molar-refractivity contribution in [3.8, 4) is 0 Å². The van der Waals surface area contributed by atoms with Gasteiger partial charge in [-0.2, -0.15) is 0 Å². The summed E-state index contributed by atoms with van der Waals surface area (Å²) >= 11 is 0. The average molecular weight is 401 g/mol. The molecule has 1 fully saturated rings. The summed E-state index contributed by atoms with van der Waals surface area (Å²) in [7, 11) is 0. The Balaban J connectivity index is 2.12. The maximum Gasteiger partial charge on any atom is 0.508 e. The number of hydrogen-bond donors (Lipinski definition) is 0. The van der Waals surface area contributed by atoms with E-state index in [0.717, 1.165) is 44.4 Å². The summed E-state index contributed by atoms with van der Waals surface area (Å²) in [6, 6.07) is 0. The maximum atomic E-state index is 11.8. The summed E-state index contributed by atoms with van der Waals surface area (Å²) in [6.07, 6.45) is 7.51. The Morgan fingerprint density at radius 2 is 1.29 bits per heavy atom. The van der Waals surface area contributed by atoms with Crippen LogP contribution in [0.25, 0.3) is 0 Å². The highest BCUT2D eigenvalue weighted by Gasteiger charge is 2.28. The molecule has 28 heavy (non-hydrogen) atoms. The Hall–Kier alpha value is -1.46. The highest BCUT2D eigenvalue weighted by Crippen LogP contribution is 2.24.